The molecule has 0 aliphatic carbocycles. The molecule has 0 spiro atoms. The maximum atomic E-state index is 11.6. The third kappa shape index (κ3) is 3.90. The van der Waals surface area contributed by atoms with Gasteiger partial charge in [0.1, 0.15) is 0 Å². The first-order valence-electron chi connectivity index (χ1n) is 6.86. The average molecular weight is 327 g/mol. The highest BCUT2D eigenvalue weighted by molar-refractivity contribution is 7.99. The predicted octanol–water partition coefficient (Wildman–Crippen LogP) is 2.89. The minimum absolute atomic E-state index is 0.200. The molecule has 2 aromatic rings. The summed E-state index contributed by atoms with van der Waals surface area (Å²) in [5, 5.41) is 11.2. The van der Waals surface area contributed by atoms with E-state index in [1.54, 1.807) is 4.57 Å². The topological polar surface area (TPSA) is 62.7 Å². The Bertz CT molecular complexity index is 665. The van der Waals surface area contributed by atoms with Crippen molar-refractivity contribution < 1.29 is 0 Å². The van der Waals surface area contributed by atoms with E-state index in [-0.39, 0.29) is 5.69 Å². The van der Waals surface area contributed by atoms with E-state index in [1.165, 1.54) is 11.8 Å². The van der Waals surface area contributed by atoms with Crippen molar-refractivity contribution >= 4 is 23.4 Å². The maximum Gasteiger partial charge on any atom is 0.343 e. The zero-order chi connectivity index (χ0) is 15.4. The second kappa shape index (κ2) is 7.15. The van der Waals surface area contributed by atoms with Crippen LogP contribution in [0.1, 0.15) is 26.3 Å². The first kappa shape index (κ1) is 16.1. The van der Waals surface area contributed by atoms with E-state index in [0.29, 0.717) is 22.8 Å². The zero-order valence-corrected chi connectivity index (χ0v) is 13.9. The summed E-state index contributed by atoms with van der Waals surface area (Å²) < 4.78 is 1.59. The summed E-state index contributed by atoms with van der Waals surface area (Å²) in [6.07, 6.45) is 0. The van der Waals surface area contributed by atoms with Crippen LogP contribution >= 0.6 is 23.4 Å². The Balaban J connectivity index is 2.32. The lowest BCUT2D eigenvalue weighted by molar-refractivity contribution is 0.584. The van der Waals surface area contributed by atoms with Crippen LogP contribution in [0, 0.1) is 0 Å². The van der Waals surface area contributed by atoms with Gasteiger partial charge in [-0.05, 0) is 30.3 Å². The van der Waals surface area contributed by atoms with Gasteiger partial charge in [-0.2, -0.15) is 0 Å². The van der Waals surface area contributed by atoms with E-state index < -0.39 is 0 Å². The summed E-state index contributed by atoms with van der Waals surface area (Å²) in [5.74, 6) is 0. The second-order valence-electron chi connectivity index (χ2n) is 4.92. The van der Waals surface area contributed by atoms with E-state index in [4.69, 9.17) is 11.6 Å². The highest BCUT2D eigenvalue weighted by Gasteiger charge is 2.14. The van der Waals surface area contributed by atoms with Crippen molar-refractivity contribution in [3.63, 3.8) is 0 Å². The molecule has 0 aliphatic heterocycles. The van der Waals surface area contributed by atoms with E-state index >= 15 is 0 Å². The Morgan fingerprint density at radius 3 is 2.90 bits per heavy atom. The lowest BCUT2D eigenvalue weighted by Crippen LogP contribution is -2.22. The molecule has 1 aromatic heterocycles. The number of aromatic nitrogens is 3. The summed E-state index contributed by atoms with van der Waals surface area (Å²) in [4.78, 5) is 12.6. The van der Waals surface area contributed by atoms with Crippen LogP contribution < -0.4 is 11.0 Å². The summed E-state index contributed by atoms with van der Waals surface area (Å²) in [6, 6.07) is 6.20. The lowest BCUT2D eigenvalue weighted by atomic mass is 10.2. The Hall–Kier alpha value is -1.24. The van der Waals surface area contributed by atoms with E-state index in [1.807, 2.05) is 25.1 Å². The van der Waals surface area contributed by atoms with Gasteiger partial charge in [-0.25, -0.2) is 9.89 Å². The fourth-order valence-corrected chi connectivity index (χ4v) is 3.22. The molecular formula is C14H19ClN4OS. The third-order valence-corrected chi connectivity index (χ3v) is 4.59. The predicted molar refractivity (Wildman–Crippen MR) is 86.1 cm³/mol. The molecular weight excluding hydrogens is 308 g/mol. The first-order chi connectivity index (χ1) is 10.0. The van der Waals surface area contributed by atoms with Crippen molar-refractivity contribution in [3.8, 4) is 0 Å². The van der Waals surface area contributed by atoms with Gasteiger partial charge in [0.05, 0.1) is 5.02 Å². The Morgan fingerprint density at radius 2 is 2.24 bits per heavy atom. The number of nitrogens with zero attached hydrogens (tertiary/aromatic N) is 2. The summed E-state index contributed by atoms with van der Waals surface area (Å²) in [5.41, 5.74) is 0.896. The molecule has 2 rings (SSSR count). The third-order valence-electron chi connectivity index (χ3n) is 2.98. The van der Waals surface area contributed by atoms with Crippen LogP contribution in [-0.2, 0) is 13.1 Å². The fraction of sp³-hybridized carbons (Fsp3) is 0.429. The normalized spacial score (nSPS) is 11.3. The molecule has 1 heterocycles. The van der Waals surface area contributed by atoms with Crippen molar-refractivity contribution in [2.24, 2.45) is 0 Å². The Labute approximate surface area is 133 Å². The molecule has 0 saturated heterocycles. The smallest absolute Gasteiger partial charge is 0.310 e. The molecule has 21 heavy (non-hydrogen) atoms. The number of H-pyrrole nitrogens is 1. The molecule has 114 valence electrons. The molecule has 5 nitrogen and oxygen atoms in total. The van der Waals surface area contributed by atoms with Gasteiger partial charge in [-0.15, -0.1) is 5.10 Å². The number of benzene rings is 1. The second-order valence-corrected chi connectivity index (χ2v) is 6.31. The minimum Gasteiger partial charge on any atom is -0.310 e. The van der Waals surface area contributed by atoms with Crippen LogP contribution in [0.25, 0.3) is 0 Å². The molecule has 0 amide bonds. The molecule has 0 bridgehead atoms. The average Bonchev–Trinajstić information content (AvgIpc) is 2.79. The van der Waals surface area contributed by atoms with Crippen molar-refractivity contribution in [1.82, 2.24) is 20.1 Å². The number of aromatic amines is 1. The number of hydrogen-bond donors (Lipinski definition) is 2. The van der Waals surface area contributed by atoms with Gasteiger partial charge in [0.25, 0.3) is 0 Å². The van der Waals surface area contributed by atoms with Gasteiger partial charge in [0.2, 0.25) is 0 Å². The van der Waals surface area contributed by atoms with E-state index in [2.05, 4.69) is 29.4 Å². The highest BCUT2D eigenvalue weighted by atomic mass is 35.5. The SMILES string of the molecule is CCn1c(Sc2c(Cl)cccc2CNC(C)C)n[nH]c1=O. The zero-order valence-electron chi connectivity index (χ0n) is 12.3. The van der Waals surface area contributed by atoms with Crippen LogP contribution in [0.15, 0.2) is 33.0 Å². The fourth-order valence-electron chi connectivity index (χ4n) is 1.87. The Kier molecular flexibility index (Phi) is 5.50. The molecule has 2 N–H and O–H groups in total. The van der Waals surface area contributed by atoms with Crippen LogP contribution in [0.5, 0.6) is 0 Å². The van der Waals surface area contributed by atoms with Gasteiger partial charge in [-0.3, -0.25) is 4.57 Å². The monoisotopic (exact) mass is 326 g/mol. The number of rotatable bonds is 6. The number of halogens is 1. The minimum atomic E-state index is -0.200. The molecule has 0 unspecified atom stereocenters. The van der Waals surface area contributed by atoms with Gasteiger partial charge in [0.15, 0.2) is 5.16 Å². The van der Waals surface area contributed by atoms with Crippen LogP contribution in [0.2, 0.25) is 5.02 Å². The van der Waals surface area contributed by atoms with Gasteiger partial charge in [-0.1, -0.05) is 37.6 Å². The molecule has 7 heteroatoms. The molecule has 0 radical (unpaired) electrons. The largest absolute Gasteiger partial charge is 0.343 e. The van der Waals surface area contributed by atoms with Gasteiger partial charge >= 0.3 is 5.69 Å². The highest BCUT2D eigenvalue weighted by Crippen LogP contribution is 2.34. The van der Waals surface area contributed by atoms with E-state index in [9.17, 15) is 4.79 Å². The van der Waals surface area contributed by atoms with Crippen LogP contribution in [0.4, 0.5) is 0 Å². The first-order valence-corrected chi connectivity index (χ1v) is 8.06. The quantitative estimate of drug-likeness (QED) is 0.856. The summed E-state index contributed by atoms with van der Waals surface area (Å²) in [7, 11) is 0. The Morgan fingerprint density at radius 1 is 1.48 bits per heavy atom. The summed E-state index contributed by atoms with van der Waals surface area (Å²) >= 11 is 7.74. The van der Waals surface area contributed by atoms with E-state index in [0.717, 1.165) is 17.0 Å². The van der Waals surface area contributed by atoms with Crippen molar-refractivity contribution in [2.45, 2.75) is 50.0 Å². The molecule has 0 saturated carbocycles. The van der Waals surface area contributed by atoms with Crippen molar-refractivity contribution in [2.75, 3.05) is 0 Å². The number of hydrogen-bond acceptors (Lipinski definition) is 4. The van der Waals surface area contributed by atoms with Crippen molar-refractivity contribution in [3.05, 3.63) is 39.3 Å². The molecule has 1 aromatic carbocycles. The van der Waals surface area contributed by atoms with Crippen molar-refractivity contribution in [1.29, 1.82) is 0 Å². The molecule has 0 fully saturated rings. The maximum absolute atomic E-state index is 11.6. The van der Waals surface area contributed by atoms with Gasteiger partial charge in [0, 0.05) is 24.0 Å². The van der Waals surface area contributed by atoms with Gasteiger partial charge < -0.3 is 5.32 Å². The number of nitrogens with one attached hydrogen (secondary N) is 2. The standard InChI is InChI=1S/C14H19ClN4OS/c1-4-19-13(20)17-18-14(19)21-12-10(8-16-9(2)3)6-5-7-11(12)15/h5-7,9,16H,4,8H2,1-3H3,(H,17,20). The molecule has 0 atom stereocenters. The molecule has 0 aliphatic rings. The van der Waals surface area contributed by atoms with Crippen LogP contribution in [0.3, 0.4) is 0 Å². The summed E-state index contributed by atoms with van der Waals surface area (Å²) in [6.45, 7) is 7.40. The van der Waals surface area contributed by atoms with Crippen LogP contribution in [-0.4, -0.2) is 20.8 Å². The lowest BCUT2D eigenvalue weighted by Gasteiger charge is -2.13.